The molecule has 0 N–H and O–H groups in total. The monoisotopic (exact) mass is 869 g/mol. The van der Waals surface area contributed by atoms with E-state index in [1.165, 1.54) is 128 Å². The average Bonchev–Trinajstić information content (AvgIpc) is 3.27. The molecular formula is C56H100O6. The summed E-state index contributed by atoms with van der Waals surface area (Å²) in [5, 5.41) is 0. The first kappa shape index (κ1) is 59.4. The SMILES string of the molecule is CCCCC/C=C\C/C=C\CCCCCCCC(=O)OC(COC(=O)CCCCCCC/C=C\C/C=C\CCCCCC)COC(=O)CCCCCCCCCCCCCCC. The lowest BCUT2D eigenvalue weighted by molar-refractivity contribution is -0.167. The highest BCUT2D eigenvalue weighted by molar-refractivity contribution is 5.71. The van der Waals surface area contributed by atoms with Crippen molar-refractivity contribution in [1.29, 1.82) is 0 Å². The Morgan fingerprint density at radius 3 is 0.935 bits per heavy atom. The van der Waals surface area contributed by atoms with E-state index in [-0.39, 0.29) is 31.1 Å². The number of carbonyl (C=O) groups excluding carboxylic acids is 3. The van der Waals surface area contributed by atoms with Crippen LogP contribution in [0.25, 0.3) is 0 Å². The third-order valence-electron chi connectivity index (χ3n) is 11.6. The molecule has 0 aliphatic rings. The van der Waals surface area contributed by atoms with Gasteiger partial charge in [-0.25, -0.2) is 0 Å². The zero-order valence-corrected chi connectivity index (χ0v) is 41.1. The van der Waals surface area contributed by atoms with Crippen molar-refractivity contribution in [1.82, 2.24) is 0 Å². The van der Waals surface area contributed by atoms with E-state index in [0.29, 0.717) is 19.3 Å². The molecule has 0 aliphatic carbocycles. The molecule has 0 bridgehead atoms. The Hall–Kier alpha value is -2.63. The molecule has 0 amide bonds. The third-order valence-corrected chi connectivity index (χ3v) is 11.6. The lowest BCUT2D eigenvalue weighted by atomic mass is 10.0. The van der Waals surface area contributed by atoms with Gasteiger partial charge in [0.25, 0.3) is 0 Å². The predicted molar refractivity (Wildman–Crippen MR) is 265 cm³/mol. The van der Waals surface area contributed by atoms with Crippen molar-refractivity contribution >= 4 is 17.9 Å². The molecule has 0 fully saturated rings. The molecule has 6 heteroatoms. The fraction of sp³-hybridized carbons (Fsp3) is 0.804. The standard InChI is InChI=1S/C56H100O6/c1-4-7-10-13-16-19-22-25-27-29-31-34-37-40-43-46-49-55(58)61-52-53(51-60-54(57)48-45-42-39-36-33-30-24-21-18-15-12-9-6-3)62-56(59)50-47-44-41-38-35-32-28-26-23-20-17-14-11-8-5-2/h17,19-20,22,26-29,53H,4-16,18,21,23-25,30-52H2,1-3H3/b20-17-,22-19-,28-26-,29-27-. The van der Waals surface area contributed by atoms with Crippen LogP contribution in [-0.2, 0) is 28.6 Å². The van der Waals surface area contributed by atoms with E-state index >= 15 is 0 Å². The molecule has 0 saturated carbocycles. The fourth-order valence-corrected chi connectivity index (χ4v) is 7.50. The maximum absolute atomic E-state index is 12.8. The minimum atomic E-state index is -0.783. The van der Waals surface area contributed by atoms with Gasteiger partial charge in [0.05, 0.1) is 0 Å². The van der Waals surface area contributed by atoms with E-state index in [2.05, 4.69) is 69.4 Å². The first-order valence-electron chi connectivity index (χ1n) is 26.6. The summed E-state index contributed by atoms with van der Waals surface area (Å²) >= 11 is 0. The van der Waals surface area contributed by atoms with Gasteiger partial charge in [0.15, 0.2) is 6.10 Å². The van der Waals surface area contributed by atoms with Gasteiger partial charge in [0.1, 0.15) is 13.2 Å². The zero-order chi connectivity index (χ0) is 45.1. The Morgan fingerprint density at radius 1 is 0.323 bits per heavy atom. The molecule has 0 radical (unpaired) electrons. The molecule has 62 heavy (non-hydrogen) atoms. The Kier molecular flexibility index (Phi) is 48.8. The van der Waals surface area contributed by atoms with E-state index in [1.807, 2.05) is 0 Å². The summed E-state index contributed by atoms with van der Waals surface area (Å²) in [5.74, 6) is -0.900. The van der Waals surface area contributed by atoms with Crippen LogP contribution in [0.1, 0.15) is 271 Å². The van der Waals surface area contributed by atoms with Gasteiger partial charge in [-0.15, -0.1) is 0 Å². The summed E-state index contributed by atoms with van der Waals surface area (Å²) in [5.41, 5.74) is 0. The normalized spacial score (nSPS) is 12.4. The molecule has 1 unspecified atom stereocenters. The largest absolute Gasteiger partial charge is 0.462 e. The number of hydrogen-bond acceptors (Lipinski definition) is 6. The van der Waals surface area contributed by atoms with Gasteiger partial charge in [0.2, 0.25) is 0 Å². The van der Waals surface area contributed by atoms with Gasteiger partial charge >= 0.3 is 17.9 Å². The van der Waals surface area contributed by atoms with Crippen molar-refractivity contribution in [2.45, 2.75) is 277 Å². The smallest absolute Gasteiger partial charge is 0.306 e. The lowest BCUT2D eigenvalue weighted by Gasteiger charge is -2.18. The van der Waals surface area contributed by atoms with Gasteiger partial charge in [-0.05, 0) is 83.5 Å². The van der Waals surface area contributed by atoms with Crippen LogP contribution in [0.2, 0.25) is 0 Å². The van der Waals surface area contributed by atoms with Crippen molar-refractivity contribution in [3.63, 3.8) is 0 Å². The van der Waals surface area contributed by atoms with Crippen LogP contribution >= 0.6 is 0 Å². The molecule has 0 aromatic carbocycles. The lowest BCUT2D eigenvalue weighted by Crippen LogP contribution is -2.30. The van der Waals surface area contributed by atoms with Gasteiger partial charge < -0.3 is 14.2 Å². The highest BCUT2D eigenvalue weighted by atomic mass is 16.6. The van der Waals surface area contributed by atoms with Gasteiger partial charge in [-0.1, -0.05) is 217 Å². The molecular weight excluding hydrogens is 769 g/mol. The van der Waals surface area contributed by atoms with E-state index in [4.69, 9.17) is 14.2 Å². The summed E-state index contributed by atoms with van der Waals surface area (Å²) < 4.78 is 16.8. The van der Waals surface area contributed by atoms with Crippen LogP contribution in [0.5, 0.6) is 0 Å². The number of allylic oxidation sites excluding steroid dienone is 8. The molecule has 0 spiro atoms. The van der Waals surface area contributed by atoms with Crippen molar-refractivity contribution in [2.24, 2.45) is 0 Å². The van der Waals surface area contributed by atoms with Crippen LogP contribution in [0, 0.1) is 0 Å². The second-order valence-corrected chi connectivity index (χ2v) is 17.8. The Balaban J connectivity index is 4.41. The van der Waals surface area contributed by atoms with Crippen molar-refractivity contribution in [2.75, 3.05) is 13.2 Å². The van der Waals surface area contributed by atoms with Crippen LogP contribution in [-0.4, -0.2) is 37.2 Å². The predicted octanol–water partition coefficient (Wildman–Crippen LogP) is 17.5. The number of esters is 3. The van der Waals surface area contributed by atoms with Gasteiger partial charge in [-0.2, -0.15) is 0 Å². The molecule has 1 atom stereocenters. The van der Waals surface area contributed by atoms with Crippen molar-refractivity contribution < 1.29 is 28.6 Å². The first-order valence-corrected chi connectivity index (χ1v) is 26.6. The summed E-state index contributed by atoms with van der Waals surface area (Å²) in [6, 6.07) is 0. The molecule has 6 nitrogen and oxygen atoms in total. The summed E-state index contributed by atoms with van der Waals surface area (Å²) in [6.45, 7) is 6.59. The minimum Gasteiger partial charge on any atom is -0.462 e. The maximum Gasteiger partial charge on any atom is 0.306 e. The van der Waals surface area contributed by atoms with Crippen LogP contribution in [0.15, 0.2) is 48.6 Å². The van der Waals surface area contributed by atoms with Gasteiger partial charge in [-0.3, -0.25) is 14.4 Å². The van der Waals surface area contributed by atoms with E-state index in [0.717, 1.165) is 103 Å². The quantitative estimate of drug-likeness (QED) is 0.0262. The number of hydrogen-bond donors (Lipinski definition) is 0. The molecule has 0 aromatic rings. The van der Waals surface area contributed by atoms with Crippen molar-refractivity contribution in [3.05, 3.63) is 48.6 Å². The fourth-order valence-electron chi connectivity index (χ4n) is 7.50. The molecule has 360 valence electrons. The molecule has 0 saturated heterocycles. The Bertz CT molecular complexity index is 1090. The Labute approximate surface area is 384 Å². The number of rotatable bonds is 48. The summed E-state index contributed by atoms with van der Waals surface area (Å²) in [7, 11) is 0. The third kappa shape index (κ3) is 48.4. The second-order valence-electron chi connectivity index (χ2n) is 17.8. The number of carbonyl (C=O) groups is 3. The zero-order valence-electron chi connectivity index (χ0n) is 41.1. The highest BCUT2D eigenvalue weighted by Crippen LogP contribution is 2.15. The molecule has 0 aromatic heterocycles. The topological polar surface area (TPSA) is 78.9 Å². The van der Waals surface area contributed by atoms with Crippen molar-refractivity contribution in [3.8, 4) is 0 Å². The van der Waals surface area contributed by atoms with Crippen LogP contribution in [0.3, 0.4) is 0 Å². The van der Waals surface area contributed by atoms with E-state index in [9.17, 15) is 14.4 Å². The molecule has 0 aliphatic heterocycles. The first-order chi connectivity index (χ1) is 30.5. The molecule has 0 rings (SSSR count). The highest BCUT2D eigenvalue weighted by Gasteiger charge is 2.19. The number of ether oxygens (including phenoxy) is 3. The maximum atomic E-state index is 12.8. The van der Waals surface area contributed by atoms with E-state index in [1.54, 1.807) is 0 Å². The minimum absolute atomic E-state index is 0.0811. The Morgan fingerprint density at radius 2 is 0.581 bits per heavy atom. The summed E-state index contributed by atoms with van der Waals surface area (Å²) in [4.78, 5) is 38.0. The van der Waals surface area contributed by atoms with Gasteiger partial charge in [0, 0.05) is 19.3 Å². The average molecular weight is 869 g/mol. The number of unbranched alkanes of at least 4 members (excludes halogenated alkanes) is 29. The second kappa shape index (κ2) is 51.0. The van der Waals surface area contributed by atoms with E-state index < -0.39 is 6.10 Å². The van der Waals surface area contributed by atoms with Crippen LogP contribution < -0.4 is 0 Å². The summed E-state index contributed by atoms with van der Waals surface area (Å²) in [6.07, 6.45) is 60.9. The molecule has 0 heterocycles. The van der Waals surface area contributed by atoms with Crippen LogP contribution in [0.4, 0.5) is 0 Å².